The Labute approximate surface area is 109 Å². The van der Waals surface area contributed by atoms with Gasteiger partial charge < -0.3 is 0 Å². The topological polar surface area (TPSA) is 0 Å². The Morgan fingerprint density at radius 1 is 0.833 bits per heavy atom. The van der Waals surface area contributed by atoms with Gasteiger partial charge in [-0.15, -0.1) is 0 Å². The van der Waals surface area contributed by atoms with Crippen molar-refractivity contribution in [2.75, 3.05) is 0 Å². The van der Waals surface area contributed by atoms with Gasteiger partial charge in [0, 0.05) is 5.92 Å². The van der Waals surface area contributed by atoms with Crippen molar-refractivity contribution in [3.8, 4) is 0 Å². The van der Waals surface area contributed by atoms with Crippen molar-refractivity contribution in [1.82, 2.24) is 0 Å². The van der Waals surface area contributed by atoms with Crippen LogP contribution < -0.4 is 0 Å². The minimum Gasteiger partial charge on any atom is -0.0689 e. The Morgan fingerprint density at radius 3 is 2.28 bits per heavy atom. The molecule has 0 amide bonds. The van der Waals surface area contributed by atoms with Gasteiger partial charge in [0.25, 0.3) is 0 Å². The van der Waals surface area contributed by atoms with E-state index in [0.29, 0.717) is 5.92 Å². The lowest BCUT2D eigenvalue weighted by Crippen LogP contribution is -2.10. The van der Waals surface area contributed by atoms with E-state index in [1.807, 2.05) is 0 Å². The Balaban J connectivity index is 2.15. The fourth-order valence-corrected chi connectivity index (χ4v) is 2.92. The summed E-state index contributed by atoms with van der Waals surface area (Å²) in [5.41, 5.74) is 7.30. The highest BCUT2D eigenvalue weighted by atomic mass is 14.3. The van der Waals surface area contributed by atoms with Crippen molar-refractivity contribution in [1.29, 1.82) is 0 Å². The van der Waals surface area contributed by atoms with Gasteiger partial charge in [0.05, 0.1) is 0 Å². The van der Waals surface area contributed by atoms with E-state index in [0.717, 1.165) is 6.42 Å². The summed E-state index contributed by atoms with van der Waals surface area (Å²) < 4.78 is 0. The van der Waals surface area contributed by atoms with Crippen LogP contribution in [-0.4, -0.2) is 0 Å². The largest absolute Gasteiger partial charge is 0.0689 e. The van der Waals surface area contributed by atoms with E-state index >= 15 is 0 Å². The Bertz CT molecular complexity index is 590. The van der Waals surface area contributed by atoms with E-state index in [4.69, 9.17) is 0 Å². The molecule has 0 spiro atoms. The molecule has 1 aliphatic carbocycles. The second-order valence-corrected chi connectivity index (χ2v) is 5.16. The molecule has 0 aliphatic heterocycles. The number of hydrogen-bond acceptors (Lipinski definition) is 0. The predicted molar refractivity (Wildman–Crippen MR) is 77.6 cm³/mol. The summed E-state index contributed by atoms with van der Waals surface area (Å²) in [5.74, 6) is 0.520. The van der Waals surface area contributed by atoms with E-state index in [1.165, 1.54) is 27.8 Å². The molecule has 0 fully saturated rings. The SMILES string of the molecule is CC1=C(C)c2ccccc2C(c2ccccc2)C1. The molecular formula is C18H18. The summed E-state index contributed by atoms with van der Waals surface area (Å²) in [5, 5.41) is 0. The van der Waals surface area contributed by atoms with Crippen LogP contribution in [0.4, 0.5) is 0 Å². The van der Waals surface area contributed by atoms with Crippen molar-refractivity contribution in [2.24, 2.45) is 0 Å². The molecule has 0 saturated carbocycles. The van der Waals surface area contributed by atoms with Gasteiger partial charge in [0.1, 0.15) is 0 Å². The van der Waals surface area contributed by atoms with Gasteiger partial charge in [-0.25, -0.2) is 0 Å². The van der Waals surface area contributed by atoms with Gasteiger partial charge in [0.2, 0.25) is 0 Å². The summed E-state index contributed by atoms with van der Waals surface area (Å²) >= 11 is 0. The van der Waals surface area contributed by atoms with Crippen LogP contribution in [0.5, 0.6) is 0 Å². The monoisotopic (exact) mass is 234 g/mol. The Kier molecular flexibility index (Phi) is 2.79. The molecule has 0 aromatic heterocycles. The molecule has 0 N–H and O–H groups in total. The highest BCUT2D eigenvalue weighted by Crippen LogP contribution is 2.41. The molecule has 0 saturated heterocycles. The number of rotatable bonds is 1. The van der Waals surface area contributed by atoms with Gasteiger partial charge in [-0.05, 0) is 42.5 Å². The minimum absolute atomic E-state index is 0.520. The third-order valence-electron chi connectivity index (χ3n) is 4.09. The zero-order valence-corrected chi connectivity index (χ0v) is 11.0. The van der Waals surface area contributed by atoms with Crippen LogP contribution in [0.1, 0.15) is 42.9 Å². The van der Waals surface area contributed by atoms with Crippen LogP contribution in [0, 0.1) is 0 Å². The van der Waals surface area contributed by atoms with Gasteiger partial charge in [-0.2, -0.15) is 0 Å². The van der Waals surface area contributed by atoms with Crippen molar-refractivity contribution < 1.29 is 0 Å². The molecule has 0 heteroatoms. The summed E-state index contributed by atoms with van der Waals surface area (Å²) in [7, 11) is 0. The third kappa shape index (κ3) is 1.78. The average Bonchev–Trinajstić information content (AvgIpc) is 2.44. The van der Waals surface area contributed by atoms with Gasteiger partial charge >= 0.3 is 0 Å². The maximum absolute atomic E-state index is 2.28. The zero-order valence-electron chi connectivity index (χ0n) is 11.0. The zero-order chi connectivity index (χ0) is 12.5. The molecule has 18 heavy (non-hydrogen) atoms. The highest BCUT2D eigenvalue weighted by Gasteiger charge is 2.23. The standard InChI is InChI=1S/C18H18/c1-13-12-18(15-8-4-3-5-9-15)17-11-7-6-10-16(17)14(13)2/h3-11,18H,12H2,1-2H3. The molecule has 0 nitrogen and oxygen atoms in total. The molecule has 1 aliphatic rings. The van der Waals surface area contributed by atoms with Crippen molar-refractivity contribution in [3.63, 3.8) is 0 Å². The quantitative estimate of drug-likeness (QED) is 0.650. The molecule has 0 radical (unpaired) electrons. The molecule has 0 bridgehead atoms. The number of allylic oxidation sites excluding steroid dienone is 2. The van der Waals surface area contributed by atoms with Crippen LogP contribution in [-0.2, 0) is 0 Å². The van der Waals surface area contributed by atoms with E-state index < -0.39 is 0 Å². The van der Waals surface area contributed by atoms with Crippen LogP contribution in [0.25, 0.3) is 5.57 Å². The normalized spacial score (nSPS) is 18.7. The summed E-state index contributed by atoms with van der Waals surface area (Å²) in [6, 6.07) is 19.7. The first kappa shape index (κ1) is 11.3. The maximum atomic E-state index is 2.28. The number of benzene rings is 2. The van der Waals surface area contributed by atoms with E-state index in [1.54, 1.807) is 0 Å². The second-order valence-electron chi connectivity index (χ2n) is 5.16. The molecule has 1 unspecified atom stereocenters. The molecule has 2 aromatic rings. The Hall–Kier alpha value is -1.82. The van der Waals surface area contributed by atoms with Crippen LogP contribution in [0.3, 0.4) is 0 Å². The van der Waals surface area contributed by atoms with Gasteiger partial charge in [0.15, 0.2) is 0 Å². The first-order valence-corrected chi connectivity index (χ1v) is 6.58. The fourth-order valence-electron chi connectivity index (χ4n) is 2.92. The lowest BCUT2D eigenvalue weighted by atomic mass is 9.76. The van der Waals surface area contributed by atoms with Crippen LogP contribution in [0.15, 0.2) is 60.2 Å². The number of fused-ring (bicyclic) bond motifs is 1. The predicted octanol–water partition coefficient (Wildman–Crippen LogP) is 5.02. The summed E-state index contributed by atoms with van der Waals surface area (Å²) in [6.45, 7) is 4.51. The molecular weight excluding hydrogens is 216 g/mol. The van der Waals surface area contributed by atoms with Crippen LogP contribution >= 0.6 is 0 Å². The van der Waals surface area contributed by atoms with E-state index in [9.17, 15) is 0 Å². The van der Waals surface area contributed by atoms with E-state index in [-0.39, 0.29) is 0 Å². The second kappa shape index (κ2) is 4.45. The minimum atomic E-state index is 0.520. The lowest BCUT2D eigenvalue weighted by molar-refractivity contribution is 0.779. The molecule has 2 aromatic carbocycles. The summed E-state index contributed by atoms with van der Waals surface area (Å²) in [4.78, 5) is 0. The highest BCUT2D eigenvalue weighted by molar-refractivity contribution is 5.73. The first-order valence-electron chi connectivity index (χ1n) is 6.58. The Morgan fingerprint density at radius 2 is 1.50 bits per heavy atom. The molecule has 3 rings (SSSR count). The van der Waals surface area contributed by atoms with Gasteiger partial charge in [-0.3, -0.25) is 0 Å². The number of hydrogen-bond donors (Lipinski definition) is 0. The van der Waals surface area contributed by atoms with Gasteiger partial charge in [-0.1, -0.05) is 60.2 Å². The van der Waals surface area contributed by atoms with Crippen molar-refractivity contribution in [3.05, 3.63) is 76.9 Å². The first-order chi connectivity index (χ1) is 8.77. The van der Waals surface area contributed by atoms with Crippen molar-refractivity contribution in [2.45, 2.75) is 26.2 Å². The summed E-state index contributed by atoms with van der Waals surface area (Å²) in [6.07, 6.45) is 1.15. The average molecular weight is 234 g/mol. The molecule has 90 valence electrons. The molecule has 0 heterocycles. The maximum Gasteiger partial charge on any atom is 0.0133 e. The fraction of sp³-hybridized carbons (Fsp3) is 0.222. The van der Waals surface area contributed by atoms with Crippen molar-refractivity contribution >= 4 is 5.57 Å². The third-order valence-corrected chi connectivity index (χ3v) is 4.09. The smallest absolute Gasteiger partial charge is 0.0133 e. The van der Waals surface area contributed by atoms with E-state index in [2.05, 4.69) is 68.4 Å². The van der Waals surface area contributed by atoms with Crippen LogP contribution in [0.2, 0.25) is 0 Å². The lowest BCUT2D eigenvalue weighted by Gasteiger charge is -2.28. The molecule has 1 atom stereocenters.